The van der Waals surface area contributed by atoms with Gasteiger partial charge in [0.2, 0.25) is 0 Å². The van der Waals surface area contributed by atoms with Crippen molar-refractivity contribution in [3.8, 4) is 5.75 Å². The number of nitrogen functional groups attached to an aromatic ring is 1. The second kappa shape index (κ2) is 8.46. The number of nitrogens with one attached hydrogen (secondary N) is 1. The summed E-state index contributed by atoms with van der Waals surface area (Å²) in [6, 6.07) is 5.72. The van der Waals surface area contributed by atoms with Gasteiger partial charge in [-0.15, -0.1) is 0 Å². The molecule has 0 aromatic heterocycles. The molecule has 0 saturated heterocycles. The normalized spacial score (nSPS) is 10.3. The second-order valence-electron chi connectivity index (χ2n) is 4.99. The maximum Gasteiger partial charge on any atom is 0.124 e. The number of benzene rings is 1. The zero-order valence-corrected chi connectivity index (χ0v) is 12.9. The number of anilines is 1. The van der Waals surface area contributed by atoms with E-state index in [1.807, 2.05) is 18.2 Å². The summed E-state index contributed by atoms with van der Waals surface area (Å²) in [5, 5.41) is 7.76. The van der Waals surface area contributed by atoms with Crippen LogP contribution in [0.5, 0.6) is 5.75 Å². The van der Waals surface area contributed by atoms with Crippen LogP contribution < -0.4 is 15.4 Å². The third kappa shape index (κ3) is 4.44. The summed E-state index contributed by atoms with van der Waals surface area (Å²) in [4.78, 5) is 2.33. The number of rotatable bonds is 9. The van der Waals surface area contributed by atoms with Crippen LogP contribution in [0.4, 0.5) is 5.69 Å². The van der Waals surface area contributed by atoms with E-state index in [1.54, 1.807) is 7.11 Å². The first-order valence-corrected chi connectivity index (χ1v) is 7.41. The topological polar surface area (TPSA) is 62.3 Å². The maximum atomic E-state index is 7.76. The highest BCUT2D eigenvalue weighted by Gasteiger charge is 2.14. The van der Waals surface area contributed by atoms with Crippen LogP contribution in [0.1, 0.15) is 45.1 Å². The minimum Gasteiger partial charge on any atom is -0.497 e. The van der Waals surface area contributed by atoms with Crippen molar-refractivity contribution >= 4 is 11.5 Å². The lowest BCUT2D eigenvalue weighted by Crippen LogP contribution is -2.28. The maximum absolute atomic E-state index is 7.76. The smallest absolute Gasteiger partial charge is 0.124 e. The zero-order valence-electron chi connectivity index (χ0n) is 12.9. The van der Waals surface area contributed by atoms with Crippen molar-refractivity contribution in [2.45, 2.75) is 39.5 Å². The van der Waals surface area contributed by atoms with Crippen LogP contribution in [-0.4, -0.2) is 26.0 Å². The molecular weight excluding hydrogens is 250 g/mol. The van der Waals surface area contributed by atoms with Gasteiger partial charge in [0.25, 0.3) is 0 Å². The summed E-state index contributed by atoms with van der Waals surface area (Å²) in [5.74, 6) is 0.920. The van der Waals surface area contributed by atoms with Crippen molar-refractivity contribution in [3.63, 3.8) is 0 Å². The fourth-order valence-electron chi connectivity index (χ4n) is 2.18. The third-order valence-electron chi connectivity index (χ3n) is 3.40. The Morgan fingerprint density at radius 2 is 1.80 bits per heavy atom. The van der Waals surface area contributed by atoms with Crippen molar-refractivity contribution in [1.82, 2.24) is 0 Å². The van der Waals surface area contributed by atoms with Gasteiger partial charge in [0.15, 0.2) is 0 Å². The van der Waals surface area contributed by atoms with Gasteiger partial charge in [-0.05, 0) is 25.0 Å². The molecule has 0 radical (unpaired) electrons. The molecule has 0 bridgehead atoms. The number of hydrogen-bond acceptors (Lipinski definition) is 3. The number of ether oxygens (including phenoxy) is 1. The highest BCUT2D eigenvalue weighted by molar-refractivity contribution is 6.00. The number of methoxy groups -OCH3 is 1. The largest absolute Gasteiger partial charge is 0.497 e. The lowest BCUT2D eigenvalue weighted by molar-refractivity contribution is 0.414. The Hall–Kier alpha value is -1.71. The highest BCUT2D eigenvalue weighted by atomic mass is 16.5. The van der Waals surface area contributed by atoms with Gasteiger partial charge < -0.3 is 15.4 Å². The van der Waals surface area contributed by atoms with E-state index in [4.69, 9.17) is 15.9 Å². The minimum absolute atomic E-state index is 0.112. The third-order valence-corrected chi connectivity index (χ3v) is 3.40. The Balaban J connectivity index is 3.09. The van der Waals surface area contributed by atoms with Crippen LogP contribution >= 0.6 is 0 Å². The molecule has 0 aliphatic rings. The van der Waals surface area contributed by atoms with E-state index in [0.29, 0.717) is 0 Å². The summed E-state index contributed by atoms with van der Waals surface area (Å²) in [6.45, 7) is 6.36. The van der Waals surface area contributed by atoms with Gasteiger partial charge in [-0.1, -0.05) is 26.7 Å². The second-order valence-corrected chi connectivity index (χ2v) is 4.99. The molecule has 4 nitrogen and oxygen atoms in total. The average molecular weight is 277 g/mol. The summed E-state index contributed by atoms with van der Waals surface area (Å²) < 4.78 is 5.31. The summed E-state index contributed by atoms with van der Waals surface area (Å²) in [6.07, 6.45) is 4.58. The molecule has 0 aliphatic heterocycles. The van der Waals surface area contributed by atoms with Crippen molar-refractivity contribution in [2.75, 3.05) is 25.1 Å². The standard InChI is InChI=1S/C16H27N3O/c1-4-6-10-19(11-7-5-2)15-12-13(20-3)8-9-14(15)16(17)18/h8-9,12H,4-7,10-11H2,1-3H3,(H3,17,18). The molecule has 1 aromatic carbocycles. The van der Waals surface area contributed by atoms with Crippen molar-refractivity contribution in [3.05, 3.63) is 23.8 Å². The molecule has 0 unspecified atom stereocenters. The van der Waals surface area contributed by atoms with Gasteiger partial charge in [-0.2, -0.15) is 0 Å². The molecule has 0 spiro atoms. The molecule has 1 rings (SSSR count). The first-order valence-electron chi connectivity index (χ1n) is 7.41. The molecule has 0 aliphatic carbocycles. The lowest BCUT2D eigenvalue weighted by Gasteiger charge is -2.27. The van der Waals surface area contributed by atoms with E-state index in [-0.39, 0.29) is 5.84 Å². The molecule has 0 heterocycles. The van der Waals surface area contributed by atoms with E-state index in [9.17, 15) is 0 Å². The average Bonchev–Trinajstić information content (AvgIpc) is 2.46. The Kier molecular flexibility index (Phi) is 6.91. The van der Waals surface area contributed by atoms with Gasteiger partial charge in [0, 0.05) is 24.7 Å². The lowest BCUT2D eigenvalue weighted by atomic mass is 10.1. The van der Waals surface area contributed by atoms with Crippen LogP contribution in [0.2, 0.25) is 0 Å². The SMILES string of the molecule is CCCCN(CCCC)c1cc(OC)ccc1C(=N)N. The number of nitrogens with zero attached hydrogens (tertiary/aromatic N) is 1. The van der Waals surface area contributed by atoms with Gasteiger partial charge in [-0.3, -0.25) is 5.41 Å². The van der Waals surface area contributed by atoms with Crippen LogP contribution in [0.3, 0.4) is 0 Å². The van der Waals surface area contributed by atoms with Gasteiger partial charge in [0.1, 0.15) is 11.6 Å². The number of unbranched alkanes of at least 4 members (excludes halogenated alkanes) is 2. The molecule has 0 atom stereocenters. The summed E-state index contributed by atoms with van der Waals surface area (Å²) in [5.41, 5.74) is 7.52. The quantitative estimate of drug-likeness (QED) is 0.537. The fourth-order valence-corrected chi connectivity index (χ4v) is 2.18. The van der Waals surface area contributed by atoms with Crippen molar-refractivity contribution < 1.29 is 4.74 Å². The Labute approximate surface area is 122 Å². The number of hydrogen-bond donors (Lipinski definition) is 2. The molecule has 0 amide bonds. The number of nitrogens with two attached hydrogens (primary N) is 1. The predicted molar refractivity (Wildman–Crippen MR) is 86.0 cm³/mol. The van der Waals surface area contributed by atoms with Crippen molar-refractivity contribution in [1.29, 1.82) is 5.41 Å². The van der Waals surface area contributed by atoms with Crippen LogP contribution in [-0.2, 0) is 0 Å². The molecular formula is C16H27N3O. The van der Waals surface area contributed by atoms with E-state index < -0.39 is 0 Å². The van der Waals surface area contributed by atoms with Gasteiger partial charge in [0.05, 0.1) is 12.8 Å². The van der Waals surface area contributed by atoms with E-state index in [2.05, 4.69) is 18.7 Å². The first kappa shape index (κ1) is 16.3. The molecule has 20 heavy (non-hydrogen) atoms. The molecule has 0 fully saturated rings. The minimum atomic E-state index is 0.112. The summed E-state index contributed by atoms with van der Waals surface area (Å²) >= 11 is 0. The van der Waals surface area contributed by atoms with Crippen molar-refractivity contribution in [2.24, 2.45) is 5.73 Å². The molecule has 112 valence electrons. The highest BCUT2D eigenvalue weighted by Crippen LogP contribution is 2.26. The van der Waals surface area contributed by atoms with Crippen LogP contribution in [0.15, 0.2) is 18.2 Å². The first-order chi connectivity index (χ1) is 9.63. The van der Waals surface area contributed by atoms with Gasteiger partial charge in [-0.25, -0.2) is 0 Å². The zero-order chi connectivity index (χ0) is 15.0. The van der Waals surface area contributed by atoms with E-state index in [1.165, 1.54) is 0 Å². The van der Waals surface area contributed by atoms with E-state index >= 15 is 0 Å². The fraction of sp³-hybridized carbons (Fsp3) is 0.562. The molecule has 1 aromatic rings. The molecule has 4 heteroatoms. The van der Waals surface area contributed by atoms with Crippen LogP contribution in [0, 0.1) is 5.41 Å². The van der Waals surface area contributed by atoms with Gasteiger partial charge >= 0.3 is 0 Å². The Morgan fingerprint density at radius 3 is 2.25 bits per heavy atom. The Bertz CT molecular complexity index is 424. The molecule has 0 saturated carbocycles. The molecule has 3 N–H and O–H groups in total. The predicted octanol–water partition coefficient (Wildman–Crippen LogP) is 3.39. The van der Waals surface area contributed by atoms with Crippen LogP contribution in [0.25, 0.3) is 0 Å². The van der Waals surface area contributed by atoms with E-state index in [0.717, 1.165) is 55.8 Å². The Morgan fingerprint density at radius 1 is 1.20 bits per heavy atom. The monoisotopic (exact) mass is 277 g/mol. The summed E-state index contributed by atoms with van der Waals surface area (Å²) in [7, 11) is 1.66. The number of amidine groups is 1.